The van der Waals surface area contributed by atoms with E-state index in [1.807, 2.05) is 23.2 Å². The highest BCUT2D eigenvalue weighted by Gasteiger charge is 2.31. The highest BCUT2D eigenvalue weighted by molar-refractivity contribution is 7.89. The molecule has 0 spiro atoms. The Bertz CT molecular complexity index is 907. The monoisotopic (exact) mass is 385 g/mol. The first-order chi connectivity index (χ1) is 13.1. The van der Waals surface area contributed by atoms with Gasteiger partial charge in [0, 0.05) is 37.6 Å². The van der Waals surface area contributed by atoms with Crippen LogP contribution in [0.2, 0.25) is 0 Å². The van der Waals surface area contributed by atoms with Gasteiger partial charge < -0.3 is 4.90 Å². The van der Waals surface area contributed by atoms with Crippen LogP contribution in [0.25, 0.3) is 0 Å². The first kappa shape index (κ1) is 18.1. The minimum atomic E-state index is -3.45. The molecule has 2 fully saturated rings. The summed E-state index contributed by atoms with van der Waals surface area (Å²) in [6.45, 7) is 1.85. The smallest absolute Gasteiger partial charge is 0.254 e. The molecular weight excluding hydrogens is 362 g/mol. The summed E-state index contributed by atoms with van der Waals surface area (Å²) < 4.78 is 26.8. The Balaban J connectivity index is 1.54. The Hall–Kier alpha value is -2.25. The van der Waals surface area contributed by atoms with Gasteiger partial charge in [-0.1, -0.05) is 6.07 Å². The van der Waals surface area contributed by atoms with E-state index in [-0.39, 0.29) is 16.8 Å². The maximum Gasteiger partial charge on any atom is 0.254 e. The number of pyridine rings is 1. The number of hydrogen-bond acceptors (Lipinski definition) is 4. The average Bonchev–Trinajstić information content (AvgIpc) is 3.40. The summed E-state index contributed by atoms with van der Waals surface area (Å²) in [7, 11) is -3.45. The van der Waals surface area contributed by atoms with Crippen molar-refractivity contribution in [1.82, 2.24) is 14.2 Å². The molecule has 2 aliphatic rings. The number of nitrogens with zero attached hydrogens (tertiary/aromatic N) is 3. The van der Waals surface area contributed by atoms with Crippen molar-refractivity contribution in [2.45, 2.75) is 36.6 Å². The number of likely N-dealkylation sites (tertiary alicyclic amines) is 1. The number of carbonyl (C=O) groups excluding carboxylic acids is 1. The standard InChI is InChI=1S/C20H23N3O3S/c24-20(23-14-4-6-19(23)17-5-3-11-21-15-17)16-7-9-18(10-8-16)27(25,26)22-12-1-2-13-22/h3,5,7-11,15,19H,1-2,4,6,12-14H2/t19-/m1/s1. The van der Waals surface area contributed by atoms with Crippen molar-refractivity contribution < 1.29 is 13.2 Å². The lowest BCUT2D eigenvalue weighted by Gasteiger charge is -2.25. The van der Waals surface area contributed by atoms with E-state index in [1.54, 1.807) is 30.5 Å². The second-order valence-corrected chi connectivity index (χ2v) is 9.02. The number of aromatic nitrogens is 1. The third-order valence-electron chi connectivity index (χ3n) is 5.39. The van der Waals surface area contributed by atoms with Crippen molar-refractivity contribution in [3.8, 4) is 0 Å². The molecule has 2 saturated heterocycles. The van der Waals surface area contributed by atoms with Crippen molar-refractivity contribution in [3.63, 3.8) is 0 Å². The lowest BCUT2D eigenvalue weighted by atomic mass is 10.1. The Labute approximate surface area is 159 Å². The molecule has 1 atom stereocenters. The molecule has 0 saturated carbocycles. The average molecular weight is 385 g/mol. The summed E-state index contributed by atoms with van der Waals surface area (Å²) in [5.74, 6) is -0.0635. The minimum Gasteiger partial charge on any atom is -0.332 e. The fourth-order valence-corrected chi connectivity index (χ4v) is 5.46. The van der Waals surface area contributed by atoms with Crippen molar-refractivity contribution in [1.29, 1.82) is 0 Å². The molecule has 142 valence electrons. The Morgan fingerprint density at radius 1 is 1.00 bits per heavy atom. The number of carbonyl (C=O) groups is 1. The van der Waals surface area contributed by atoms with Gasteiger partial charge in [-0.25, -0.2) is 8.42 Å². The second-order valence-electron chi connectivity index (χ2n) is 7.08. The molecule has 0 aliphatic carbocycles. The lowest BCUT2D eigenvalue weighted by molar-refractivity contribution is 0.0735. The van der Waals surface area contributed by atoms with E-state index < -0.39 is 10.0 Å². The summed E-state index contributed by atoms with van der Waals surface area (Å²) in [6.07, 6.45) is 7.21. The molecule has 2 aliphatic heterocycles. The number of benzene rings is 1. The molecule has 1 amide bonds. The van der Waals surface area contributed by atoms with Gasteiger partial charge in [0.2, 0.25) is 10.0 Å². The van der Waals surface area contributed by atoms with E-state index in [9.17, 15) is 13.2 Å². The van der Waals surface area contributed by atoms with Gasteiger partial charge in [0.1, 0.15) is 0 Å². The van der Waals surface area contributed by atoms with Gasteiger partial charge >= 0.3 is 0 Å². The normalized spacial score (nSPS) is 20.9. The van der Waals surface area contributed by atoms with Crippen molar-refractivity contribution in [2.24, 2.45) is 0 Å². The quantitative estimate of drug-likeness (QED) is 0.811. The molecule has 1 aromatic heterocycles. The minimum absolute atomic E-state index is 0.0270. The first-order valence-corrected chi connectivity index (χ1v) is 10.8. The molecule has 4 rings (SSSR count). The number of hydrogen-bond donors (Lipinski definition) is 0. The summed E-state index contributed by atoms with van der Waals surface area (Å²) in [5.41, 5.74) is 1.56. The molecule has 6 nitrogen and oxygen atoms in total. The summed E-state index contributed by atoms with van der Waals surface area (Å²) in [4.78, 5) is 19.3. The fraction of sp³-hybridized carbons (Fsp3) is 0.400. The van der Waals surface area contributed by atoms with Crippen LogP contribution in [0, 0.1) is 0 Å². The molecule has 27 heavy (non-hydrogen) atoms. The fourth-order valence-electron chi connectivity index (χ4n) is 3.94. The third kappa shape index (κ3) is 3.49. The molecule has 0 radical (unpaired) electrons. The zero-order valence-electron chi connectivity index (χ0n) is 15.1. The molecular formula is C20H23N3O3S. The zero-order chi connectivity index (χ0) is 18.9. The van der Waals surface area contributed by atoms with Crippen LogP contribution in [-0.2, 0) is 10.0 Å². The SMILES string of the molecule is O=C(c1ccc(S(=O)(=O)N2CCCC2)cc1)N1CCC[C@@H]1c1cccnc1. The van der Waals surface area contributed by atoms with Gasteiger partial charge in [0.05, 0.1) is 10.9 Å². The van der Waals surface area contributed by atoms with Gasteiger partial charge in [0.15, 0.2) is 0 Å². The van der Waals surface area contributed by atoms with E-state index in [1.165, 1.54) is 4.31 Å². The summed E-state index contributed by atoms with van der Waals surface area (Å²) in [6, 6.07) is 10.3. The van der Waals surface area contributed by atoms with Gasteiger partial charge in [-0.2, -0.15) is 4.31 Å². The molecule has 7 heteroatoms. The molecule has 0 bridgehead atoms. The van der Waals surface area contributed by atoms with Gasteiger partial charge in [-0.05, 0) is 61.6 Å². The summed E-state index contributed by atoms with van der Waals surface area (Å²) in [5, 5.41) is 0. The van der Waals surface area contributed by atoms with Crippen LogP contribution in [0.15, 0.2) is 53.7 Å². The van der Waals surface area contributed by atoms with E-state index in [0.29, 0.717) is 25.2 Å². The van der Waals surface area contributed by atoms with E-state index in [0.717, 1.165) is 31.2 Å². The third-order valence-corrected chi connectivity index (χ3v) is 7.30. The highest BCUT2D eigenvalue weighted by atomic mass is 32.2. The maximum atomic E-state index is 13.0. The number of sulfonamides is 1. The molecule has 3 heterocycles. The Kier molecular flexibility index (Phi) is 4.97. The van der Waals surface area contributed by atoms with E-state index >= 15 is 0 Å². The van der Waals surface area contributed by atoms with Crippen LogP contribution in [-0.4, -0.2) is 48.1 Å². The summed E-state index contributed by atoms with van der Waals surface area (Å²) >= 11 is 0. The van der Waals surface area contributed by atoms with Crippen LogP contribution in [0.5, 0.6) is 0 Å². The lowest BCUT2D eigenvalue weighted by Crippen LogP contribution is -2.31. The van der Waals surface area contributed by atoms with E-state index in [4.69, 9.17) is 0 Å². The maximum absolute atomic E-state index is 13.0. The number of amides is 1. The zero-order valence-corrected chi connectivity index (χ0v) is 15.9. The van der Waals surface area contributed by atoms with Crippen LogP contribution in [0.4, 0.5) is 0 Å². The topological polar surface area (TPSA) is 70.6 Å². The predicted octanol–water partition coefficient (Wildman–Crippen LogP) is 2.84. The van der Waals surface area contributed by atoms with E-state index in [2.05, 4.69) is 4.98 Å². The van der Waals surface area contributed by atoms with Crippen molar-refractivity contribution in [3.05, 3.63) is 59.9 Å². The van der Waals surface area contributed by atoms with Crippen LogP contribution in [0.3, 0.4) is 0 Å². The van der Waals surface area contributed by atoms with Gasteiger partial charge in [-0.3, -0.25) is 9.78 Å². The molecule has 0 unspecified atom stereocenters. The van der Waals surface area contributed by atoms with Crippen molar-refractivity contribution in [2.75, 3.05) is 19.6 Å². The van der Waals surface area contributed by atoms with Crippen LogP contribution >= 0.6 is 0 Å². The largest absolute Gasteiger partial charge is 0.332 e. The second kappa shape index (κ2) is 7.40. The highest BCUT2D eigenvalue weighted by Crippen LogP contribution is 2.33. The molecule has 1 aromatic carbocycles. The van der Waals surface area contributed by atoms with Crippen LogP contribution in [0.1, 0.15) is 47.6 Å². The Morgan fingerprint density at radius 2 is 1.74 bits per heavy atom. The first-order valence-electron chi connectivity index (χ1n) is 9.38. The van der Waals surface area contributed by atoms with Gasteiger partial charge in [-0.15, -0.1) is 0 Å². The van der Waals surface area contributed by atoms with Gasteiger partial charge in [0.25, 0.3) is 5.91 Å². The van der Waals surface area contributed by atoms with Crippen molar-refractivity contribution >= 4 is 15.9 Å². The molecule has 2 aromatic rings. The Morgan fingerprint density at radius 3 is 2.41 bits per heavy atom. The predicted molar refractivity (Wildman–Crippen MR) is 102 cm³/mol. The van der Waals surface area contributed by atoms with Crippen LogP contribution < -0.4 is 0 Å². The molecule has 0 N–H and O–H groups in total. The number of rotatable bonds is 4.